The quantitative estimate of drug-likeness (QED) is 0.651. The van der Waals surface area contributed by atoms with Gasteiger partial charge >= 0.3 is 0 Å². The second-order valence-corrected chi connectivity index (χ2v) is 7.89. The predicted octanol–water partition coefficient (Wildman–Crippen LogP) is 3.53. The van der Waals surface area contributed by atoms with Crippen molar-refractivity contribution in [1.29, 1.82) is 0 Å². The maximum absolute atomic E-state index is 12.9. The summed E-state index contributed by atoms with van der Waals surface area (Å²) in [7, 11) is 3.37. The third-order valence-electron chi connectivity index (χ3n) is 5.85. The number of methoxy groups -OCH3 is 1. The number of likely N-dealkylation sites (tertiary alicyclic amines) is 1. The lowest BCUT2D eigenvalue weighted by Crippen LogP contribution is -2.43. The summed E-state index contributed by atoms with van der Waals surface area (Å²) < 4.78 is 10.9. The number of ether oxygens (including phenoxy) is 1. The van der Waals surface area contributed by atoms with Crippen LogP contribution in [0.3, 0.4) is 0 Å². The van der Waals surface area contributed by atoms with E-state index >= 15 is 0 Å². The van der Waals surface area contributed by atoms with Crippen molar-refractivity contribution in [1.82, 2.24) is 15.4 Å². The average Bonchev–Trinajstić information content (AvgIpc) is 3.42. The first kappa shape index (κ1) is 20.2. The Kier molecular flexibility index (Phi) is 5.86. The highest BCUT2D eigenvalue weighted by Gasteiger charge is 2.45. The second kappa shape index (κ2) is 8.71. The van der Waals surface area contributed by atoms with Crippen LogP contribution in [0.4, 0.5) is 0 Å². The van der Waals surface area contributed by atoms with Gasteiger partial charge < -0.3 is 14.6 Å². The van der Waals surface area contributed by atoms with Gasteiger partial charge in [0, 0.05) is 38.2 Å². The summed E-state index contributed by atoms with van der Waals surface area (Å²) in [6.45, 7) is 2.34. The average molecular weight is 405 g/mol. The van der Waals surface area contributed by atoms with E-state index in [0.29, 0.717) is 13.0 Å². The van der Waals surface area contributed by atoms with Gasteiger partial charge in [0.15, 0.2) is 0 Å². The van der Waals surface area contributed by atoms with Crippen LogP contribution in [0.15, 0.2) is 65.2 Å². The number of benzene rings is 2. The van der Waals surface area contributed by atoms with E-state index in [9.17, 15) is 4.79 Å². The molecule has 0 aliphatic carbocycles. The Morgan fingerprint density at radius 2 is 1.97 bits per heavy atom. The van der Waals surface area contributed by atoms with Crippen LogP contribution in [0.25, 0.3) is 11.3 Å². The highest BCUT2D eigenvalue weighted by molar-refractivity contribution is 5.83. The molecule has 3 aromatic rings. The molecule has 0 bridgehead atoms. The number of rotatable bonds is 7. The van der Waals surface area contributed by atoms with Crippen molar-refractivity contribution in [2.45, 2.75) is 19.4 Å². The van der Waals surface area contributed by atoms with Crippen LogP contribution >= 0.6 is 0 Å². The molecular weight excluding hydrogens is 378 g/mol. The number of carbonyl (C=O) groups is 1. The van der Waals surface area contributed by atoms with E-state index < -0.39 is 5.41 Å². The largest absolute Gasteiger partial charge is 0.497 e. The summed E-state index contributed by atoms with van der Waals surface area (Å²) in [6.07, 6.45) is 1.32. The van der Waals surface area contributed by atoms with Crippen molar-refractivity contribution < 1.29 is 14.1 Å². The summed E-state index contributed by atoms with van der Waals surface area (Å²) in [5, 5.41) is 7.08. The Bertz CT molecular complexity index is 984. The molecule has 30 heavy (non-hydrogen) atoms. The van der Waals surface area contributed by atoms with Crippen LogP contribution in [0.2, 0.25) is 0 Å². The van der Waals surface area contributed by atoms with Gasteiger partial charge in [0.05, 0.1) is 12.5 Å². The fraction of sp³-hybridized carbons (Fsp3) is 0.333. The molecule has 1 unspecified atom stereocenters. The van der Waals surface area contributed by atoms with Crippen molar-refractivity contribution in [3.63, 3.8) is 0 Å². The molecule has 1 aliphatic rings. The first-order valence-electron chi connectivity index (χ1n) is 10.2. The van der Waals surface area contributed by atoms with Crippen LogP contribution in [0.1, 0.15) is 17.7 Å². The van der Waals surface area contributed by atoms with Crippen LogP contribution in [-0.2, 0) is 17.8 Å². The Hall–Kier alpha value is -3.12. The lowest BCUT2D eigenvalue weighted by Gasteiger charge is -2.26. The summed E-state index contributed by atoms with van der Waals surface area (Å²) >= 11 is 0. The minimum Gasteiger partial charge on any atom is -0.497 e. The first-order valence-corrected chi connectivity index (χ1v) is 10.2. The van der Waals surface area contributed by atoms with Crippen molar-refractivity contribution in [3.05, 3.63) is 72.0 Å². The summed E-state index contributed by atoms with van der Waals surface area (Å²) in [4.78, 5) is 15.2. The maximum atomic E-state index is 12.9. The van der Waals surface area contributed by atoms with Crippen LogP contribution in [-0.4, -0.2) is 43.2 Å². The van der Waals surface area contributed by atoms with Crippen molar-refractivity contribution in [3.8, 4) is 17.0 Å². The SMILES string of the molecule is CNC(=O)C1(Cc2cc(-c3ccccc3)no2)CCN(Cc2ccc(OC)cc2)C1. The number of hydrogen-bond acceptors (Lipinski definition) is 5. The number of aromatic nitrogens is 1. The molecule has 0 radical (unpaired) electrons. The summed E-state index contributed by atoms with van der Waals surface area (Å²) in [5.41, 5.74) is 2.49. The normalized spacial score (nSPS) is 19.0. The third kappa shape index (κ3) is 4.24. The predicted molar refractivity (Wildman–Crippen MR) is 115 cm³/mol. The first-order chi connectivity index (χ1) is 14.6. The monoisotopic (exact) mass is 405 g/mol. The number of nitrogens with zero attached hydrogens (tertiary/aromatic N) is 2. The molecule has 0 spiro atoms. The van der Waals surface area contributed by atoms with E-state index in [2.05, 4.69) is 27.5 Å². The Morgan fingerprint density at radius 3 is 2.67 bits per heavy atom. The van der Waals surface area contributed by atoms with Gasteiger partial charge in [0.1, 0.15) is 17.2 Å². The topological polar surface area (TPSA) is 67.6 Å². The molecule has 1 amide bonds. The van der Waals surface area contributed by atoms with E-state index in [-0.39, 0.29) is 5.91 Å². The van der Waals surface area contributed by atoms with Crippen LogP contribution < -0.4 is 10.1 Å². The third-order valence-corrected chi connectivity index (χ3v) is 5.85. The number of amides is 1. The fourth-order valence-corrected chi connectivity index (χ4v) is 4.23. The van der Waals surface area contributed by atoms with Crippen LogP contribution in [0.5, 0.6) is 5.75 Å². The lowest BCUT2D eigenvalue weighted by molar-refractivity contribution is -0.130. The number of nitrogens with one attached hydrogen (secondary N) is 1. The van der Waals surface area contributed by atoms with Crippen molar-refractivity contribution >= 4 is 5.91 Å². The molecular formula is C24H27N3O3. The Morgan fingerprint density at radius 1 is 1.20 bits per heavy atom. The standard InChI is InChI=1S/C24H27N3O3/c1-25-23(28)24(15-21-14-22(26-30-21)19-6-4-3-5-7-19)12-13-27(17-24)16-18-8-10-20(29-2)11-9-18/h3-11,14H,12-13,15-17H2,1-2H3,(H,25,28). The number of carbonyl (C=O) groups excluding carboxylic acids is 1. The van der Waals surface area contributed by atoms with Gasteiger partial charge in [-0.3, -0.25) is 9.69 Å². The van der Waals surface area contributed by atoms with Gasteiger partial charge in [-0.25, -0.2) is 0 Å². The van der Waals surface area contributed by atoms with E-state index in [1.54, 1.807) is 14.2 Å². The molecule has 0 saturated carbocycles. The van der Waals surface area contributed by atoms with Gasteiger partial charge in [-0.2, -0.15) is 0 Å². The van der Waals surface area contributed by atoms with Gasteiger partial charge in [-0.15, -0.1) is 0 Å². The molecule has 1 aromatic heterocycles. The van der Waals surface area contributed by atoms with Gasteiger partial charge in [0.25, 0.3) is 0 Å². The Balaban J connectivity index is 1.48. The molecule has 1 N–H and O–H groups in total. The smallest absolute Gasteiger partial charge is 0.227 e. The molecule has 1 fully saturated rings. The summed E-state index contributed by atoms with van der Waals surface area (Å²) in [6, 6.07) is 20.0. The molecule has 156 valence electrons. The van der Waals surface area contributed by atoms with Gasteiger partial charge in [-0.05, 0) is 30.7 Å². The molecule has 6 nitrogen and oxygen atoms in total. The van der Waals surface area contributed by atoms with E-state index in [0.717, 1.165) is 42.3 Å². The zero-order chi connectivity index (χ0) is 21.0. The molecule has 2 heterocycles. The van der Waals surface area contributed by atoms with E-state index in [1.807, 2.05) is 48.5 Å². The zero-order valence-electron chi connectivity index (χ0n) is 17.4. The van der Waals surface area contributed by atoms with E-state index in [1.165, 1.54) is 5.56 Å². The highest BCUT2D eigenvalue weighted by atomic mass is 16.5. The van der Waals surface area contributed by atoms with Gasteiger partial charge in [-0.1, -0.05) is 47.6 Å². The Labute approximate surface area is 176 Å². The van der Waals surface area contributed by atoms with E-state index in [4.69, 9.17) is 9.26 Å². The molecule has 4 rings (SSSR count). The second-order valence-electron chi connectivity index (χ2n) is 7.89. The minimum atomic E-state index is -0.519. The summed E-state index contributed by atoms with van der Waals surface area (Å²) in [5.74, 6) is 1.64. The molecule has 6 heteroatoms. The molecule has 1 atom stereocenters. The number of hydrogen-bond donors (Lipinski definition) is 1. The zero-order valence-corrected chi connectivity index (χ0v) is 17.4. The van der Waals surface area contributed by atoms with Crippen molar-refractivity contribution in [2.24, 2.45) is 5.41 Å². The van der Waals surface area contributed by atoms with Crippen molar-refractivity contribution in [2.75, 3.05) is 27.2 Å². The maximum Gasteiger partial charge on any atom is 0.227 e. The van der Waals surface area contributed by atoms with Crippen LogP contribution in [0, 0.1) is 5.41 Å². The van der Waals surface area contributed by atoms with Gasteiger partial charge in [0.2, 0.25) is 5.91 Å². The minimum absolute atomic E-state index is 0.0531. The molecule has 1 aliphatic heterocycles. The molecule has 2 aromatic carbocycles. The highest BCUT2D eigenvalue weighted by Crippen LogP contribution is 2.36. The molecule has 1 saturated heterocycles. The lowest BCUT2D eigenvalue weighted by atomic mass is 9.81. The fourth-order valence-electron chi connectivity index (χ4n) is 4.23.